The molecule has 0 spiro atoms. The Balaban J connectivity index is 2.29. The molecular weight excluding hydrogens is 228 g/mol. The number of rotatable bonds is 2. The van der Waals surface area contributed by atoms with Crippen LogP contribution in [0.15, 0.2) is 42.6 Å². The quantitative estimate of drug-likeness (QED) is 0.879. The molecule has 4 heteroatoms. The number of hydrogen-bond acceptors (Lipinski definition) is 3. The summed E-state index contributed by atoms with van der Waals surface area (Å²) in [5.41, 5.74) is 1.20. The van der Waals surface area contributed by atoms with E-state index in [9.17, 15) is 9.90 Å². The molecule has 1 aromatic heterocycles. The van der Waals surface area contributed by atoms with Gasteiger partial charge in [0.05, 0.1) is 0 Å². The Labute approximate surface area is 106 Å². The molecule has 2 aromatic rings. The zero-order valence-corrected chi connectivity index (χ0v) is 10.3. The molecule has 0 atom stereocenters. The van der Waals surface area contributed by atoms with Crippen molar-refractivity contribution in [3.05, 3.63) is 53.7 Å². The Morgan fingerprint density at radius 3 is 2.67 bits per heavy atom. The molecule has 1 heterocycles. The third-order valence-corrected chi connectivity index (χ3v) is 2.74. The number of aryl methyl sites for hydroxylation is 1. The van der Waals surface area contributed by atoms with E-state index in [1.54, 1.807) is 44.4 Å². The fourth-order valence-corrected chi connectivity index (χ4v) is 1.64. The van der Waals surface area contributed by atoms with Gasteiger partial charge < -0.3 is 5.11 Å². The molecular formula is C14H14N2O2. The van der Waals surface area contributed by atoms with Gasteiger partial charge in [-0.15, -0.1) is 0 Å². The number of anilines is 1. The number of phenolic OH excluding ortho intramolecular Hbond substituents is 1. The van der Waals surface area contributed by atoms with Crippen LogP contribution in [0, 0.1) is 6.92 Å². The predicted octanol–water partition coefficient (Wildman–Crippen LogP) is 2.37. The van der Waals surface area contributed by atoms with E-state index in [4.69, 9.17) is 0 Å². The summed E-state index contributed by atoms with van der Waals surface area (Å²) in [6.07, 6.45) is 1.64. The summed E-state index contributed by atoms with van der Waals surface area (Å²) in [6.45, 7) is 1.76. The molecule has 0 bridgehead atoms. The number of aromatic nitrogens is 1. The normalized spacial score (nSPS) is 10.1. The van der Waals surface area contributed by atoms with Crippen LogP contribution in [-0.4, -0.2) is 23.0 Å². The summed E-state index contributed by atoms with van der Waals surface area (Å²) in [6, 6.07) is 10.2. The maximum atomic E-state index is 12.2. The van der Waals surface area contributed by atoms with Crippen LogP contribution in [0.25, 0.3) is 0 Å². The van der Waals surface area contributed by atoms with Gasteiger partial charge >= 0.3 is 0 Å². The first kappa shape index (κ1) is 12.1. The number of benzene rings is 1. The van der Waals surface area contributed by atoms with Crippen molar-refractivity contribution in [3.8, 4) is 5.75 Å². The van der Waals surface area contributed by atoms with Gasteiger partial charge in [0.2, 0.25) is 0 Å². The molecule has 0 aliphatic rings. The highest BCUT2D eigenvalue weighted by Gasteiger charge is 2.14. The number of amides is 1. The van der Waals surface area contributed by atoms with E-state index in [0.29, 0.717) is 16.9 Å². The van der Waals surface area contributed by atoms with E-state index in [0.717, 1.165) is 0 Å². The van der Waals surface area contributed by atoms with Crippen LogP contribution in [0.5, 0.6) is 5.75 Å². The van der Waals surface area contributed by atoms with Gasteiger partial charge in [0, 0.05) is 18.8 Å². The zero-order chi connectivity index (χ0) is 13.1. The van der Waals surface area contributed by atoms with Crippen molar-refractivity contribution in [1.82, 2.24) is 4.98 Å². The Kier molecular flexibility index (Phi) is 3.28. The Morgan fingerprint density at radius 2 is 2.06 bits per heavy atom. The van der Waals surface area contributed by atoms with Crippen LogP contribution in [0.4, 0.5) is 5.82 Å². The Hall–Kier alpha value is -2.36. The molecule has 1 N–H and O–H groups in total. The van der Waals surface area contributed by atoms with E-state index in [2.05, 4.69) is 4.98 Å². The van der Waals surface area contributed by atoms with Gasteiger partial charge in [-0.2, -0.15) is 0 Å². The van der Waals surface area contributed by atoms with E-state index >= 15 is 0 Å². The summed E-state index contributed by atoms with van der Waals surface area (Å²) >= 11 is 0. The summed E-state index contributed by atoms with van der Waals surface area (Å²) in [5, 5.41) is 9.44. The molecule has 1 aromatic carbocycles. The maximum Gasteiger partial charge on any atom is 0.259 e. The molecule has 0 aliphatic heterocycles. The lowest BCUT2D eigenvalue weighted by Crippen LogP contribution is -2.26. The fraction of sp³-hybridized carbons (Fsp3) is 0.143. The summed E-state index contributed by atoms with van der Waals surface area (Å²) in [7, 11) is 1.67. The average molecular weight is 242 g/mol. The smallest absolute Gasteiger partial charge is 0.259 e. The van der Waals surface area contributed by atoms with Crippen molar-refractivity contribution in [2.45, 2.75) is 6.92 Å². The Morgan fingerprint density at radius 1 is 1.28 bits per heavy atom. The highest BCUT2D eigenvalue weighted by atomic mass is 16.3. The van der Waals surface area contributed by atoms with Crippen molar-refractivity contribution in [3.63, 3.8) is 0 Å². The third-order valence-electron chi connectivity index (χ3n) is 2.74. The van der Waals surface area contributed by atoms with Gasteiger partial charge in [0.15, 0.2) is 0 Å². The molecule has 0 saturated heterocycles. The molecule has 0 radical (unpaired) electrons. The van der Waals surface area contributed by atoms with Crippen molar-refractivity contribution in [2.75, 3.05) is 11.9 Å². The number of nitrogens with zero attached hydrogens (tertiary/aromatic N) is 2. The van der Waals surface area contributed by atoms with E-state index in [-0.39, 0.29) is 11.7 Å². The minimum Gasteiger partial charge on any atom is -0.508 e. The molecule has 92 valence electrons. The number of phenols is 1. The van der Waals surface area contributed by atoms with Gasteiger partial charge in [0.25, 0.3) is 5.91 Å². The van der Waals surface area contributed by atoms with Crippen LogP contribution in [-0.2, 0) is 0 Å². The fourth-order valence-electron chi connectivity index (χ4n) is 1.64. The molecule has 0 fully saturated rings. The minimum absolute atomic E-state index is 0.156. The maximum absolute atomic E-state index is 12.2. The van der Waals surface area contributed by atoms with Gasteiger partial charge in [-0.1, -0.05) is 6.07 Å². The summed E-state index contributed by atoms with van der Waals surface area (Å²) in [5.74, 6) is 0.622. The first-order chi connectivity index (χ1) is 8.59. The van der Waals surface area contributed by atoms with Crippen LogP contribution in [0.3, 0.4) is 0 Å². The molecule has 18 heavy (non-hydrogen) atoms. The van der Waals surface area contributed by atoms with Crippen LogP contribution < -0.4 is 4.90 Å². The monoisotopic (exact) mass is 242 g/mol. The highest BCUT2D eigenvalue weighted by Crippen LogP contribution is 2.19. The molecule has 0 aliphatic carbocycles. The van der Waals surface area contributed by atoms with Crippen molar-refractivity contribution < 1.29 is 9.90 Å². The highest BCUT2D eigenvalue weighted by molar-refractivity contribution is 6.05. The first-order valence-electron chi connectivity index (χ1n) is 5.58. The van der Waals surface area contributed by atoms with E-state index in [1.807, 2.05) is 6.07 Å². The van der Waals surface area contributed by atoms with Crippen molar-refractivity contribution in [1.29, 1.82) is 0 Å². The number of carbonyl (C=O) groups excluding carboxylic acids is 1. The van der Waals surface area contributed by atoms with E-state index in [1.165, 1.54) is 11.0 Å². The van der Waals surface area contributed by atoms with Crippen molar-refractivity contribution in [2.24, 2.45) is 0 Å². The topological polar surface area (TPSA) is 53.4 Å². The zero-order valence-electron chi connectivity index (χ0n) is 10.3. The summed E-state index contributed by atoms with van der Waals surface area (Å²) in [4.78, 5) is 17.8. The largest absolute Gasteiger partial charge is 0.508 e. The molecule has 4 nitrogen and oxygen atoms in total. The lowest BCUT2D eigenvalue weighted by molar-refractivity contribution is 0.0992. The van der Waals surface area contributed by atoms with Crippen LogP contribution in [0.1, 0.15) is 15.9 Å². The van der Waals surface area contributed by atoms with Crippen molar-refractivity contribution >= 4 is 11.7 Å². The summed E-state index contributed by atoms with van der Waals surface area (Å²) < 4.78 is 0. The lowest BCUT2D eigenvalue weighted by Gasteiger charge is -2.16. The number of pyridine rings is 1. The standard InChI is InChI=1S/C14H14N2O2/c1-10-9-11(6-7-12(10)17)14(18)16(2)13-5-3-4-8-15-13/h3-9,17H,1-2H3. The SMILES string of the molecule is Cc1cc(C(=O)N(C)c2ccccn2)ccc1O. The van der Waals surface area contributed by atoms with E-state index < -0.39 is 0 Å². The number of carbonyl (C=O) groups is 1. The van der Waals surface area contributed by atoms with Gasteiger partial charge in [-0.3, -0.25) is 9.69 Å². The second kappa shape index (κ2) is 4.87. The minimum atomic E-state index is -0.156. The lowest BCUT2D eigenvalue weighted by atomic mass is 10.1. The van der Waals surface area contributed by atoms with Gasteiger partial charge in [-0.25, -0.2) is 4.98 Å². The number of aromatic hydroxyl groups is 1. The van der Waals surface area contributed by atoms with Gasteiger partial charge in [-0.05, 0) is 42.8 Å². The predicted molar refractivity (Wildman–Crippen MR) is 69.8 cm³/mol. The molecule has 0 saturated carbocycles. The van der Waals surface area contributed by atoms with Gasteiger partial charge in [0.1, 0.15) is 11.6 Å². The third kappa shape index (κ3) is 2.32. The molecule has 2 rings (SSSR count). The first-order valence-corrected chi connectivity index (χ1v) is 5.58. The van der Waals surface area contributed by atoms with Crippen LogP contribution >= 0.6 is 0 Å². The average Bonchev–Trinajstić information content (AvgIpc) is 2.41. The Bertz CT molecular complexity index is 567. The number of hydrogen-bond donors (Lipinski definition) is 1. The second-order valence-electron chi connectivity index (χ2n) is 4.05. The molecule has 1 amide bonds. The molecule has 0 unspecified atom stereocenters. The van der Waals surface area contributed by atoms with Crippen LogP contribution in [0.2, 0.25) is 0 Å². The second-order valence-corrected chi connectivity index (χ2v) is 4.05.